The molecule has 0 aliphatic heterocycles. The zero-order chi connectivity index (χ0) is 14.7. The Bertz CT molecular complexity index is 557. The lowest BCUT2D eigenvalue weighted by Gasteiger charge is -2.25. The summed E-state index contributed by atoms with van der Waals surface area (Å²) in [5, 5.41) is 2.76. The van der Waals surface area contributed by atoms with Crippen LogP contribution in [0, 0.1) is 0 Å². The van der Waals surface area contributed by atoms with E-state index >= 15 is 0 Å². The van der Waals surface area contributed by atoms with Gasteiger partial charge in [0.15, 0.2) is 0 Å². The lowest BCUT2D eigenvalue weighted by Crippen LogP contribution is -2.51. The summed E-state index contributed by atoms with van der Waals surface area (Å²) in [5.41, 5.74) is -0.692. The SMILES string of the molecule is CC(C)(CNC(=O)c1cnc(Cl)cn1)NS(C)(=O)=O. The van der Waals surface area contributed by atoms with Gasteiger partial charge in [0.2, 0.25) is 10.0 Å². The molecule has 2 N–H and O–H groups in total. The van der Waals surface area contributed by atoms with Gasteiger partial charge in [-0.1, -0.05) is 11.6 Å². The Morgan fingerprint density at radius 1 is 1.37 bits per heavy atom. The number of nitrogens with zero attached hydrogens (tertiary/aromatic N) is 2. The molecule has 19 heavy (non-hydrogen) atoms. The summed E-state index contributed by atoms with van der Waals surface area (Å²) in [7, 11) is -3.35. The average molecular weight is 307 g/mol. The van der Waals surface area contributed by atoms with E-state index in [2.05, 4.69) is 20.0 Å². The maximum absolute atomic E-state index is 11.7. The third kappa shape index (κ3) is 5.95. The van der Waals surface area contributed by atoms with Gasteiger partial charge in [0, 0.05) is 12.1 Å². The predicted molar refractivity (Wildman–Crippen MR) is 71.4 cm³/mol. The van der Waals surface area contributed by atoms with E-state index < -0.39 is 21.5 Å². The first-order valence-corrected chi connectivity index (χ1v) is 7.61. The van der Waals surface area contributed by atoms with E-state index in [9.17, 15) is 13.2 Å². The minimum atomic E-state index is -3.35. The summed E-state index contributed by atoms with van der Waals surface area (Å²) in [5.74, 6) is -0.451. The van der Waals surface area contributed by atoms with Gasteiger partial charge in [-0.2, -0.15) is 0 Å². The number of amides is 1. The number of nitrogens with one attached hydrogen (secondary N) is 2. The van der Waals surface area contributed by atoms with Crippen LogP contribution in [-0.4, -0.2) is 42.6 Å². The summed E-state index contributed by atoms with van der Waals surface area (Å²) in [6, 6.07) is 0. The fraction of sp³-hybridized carbons (Fsp3) is 0.500. The largest absolute Gasteiger partial charge is 0.349 e. The van der Waals surface area contributed by atoms with E-state index in [0.29, 0.717) is 0 Å². The number of halogens is 1. The molecule has 0 atom stereocenters. The van der Waals surface area contributed by atoms with Gasteiger partial charge in [-0.25, -0.2) is 23.1 Å². The number of rotatable bonds is 5. The Morgan fingerprint density at radius 3 is 2.47 bits per heavy atom. The van der Waals surface area contributed by atoms with E-state index in [1.54, 1.807) is 13.8 Å². The Labute approximate surface area is 116 Å². The quantitative estimate of drug-likeness (QED) is 0.808. The van der Waals surface area contributed by atoms with Crippen LogP contribution in [0.4, 0.5) is 0 Å². The number of carbonyl (C=O) groups is 1. The van der Waals surface area contributed by atoms with E-state index in [0.717, 1.165) is 6.26 Å². The highest BCUT2D eigenvalue weighted by atomic mass is 35.5. The van der Waals surface area contributed by atoms with Gasteiger partial charge < -0.3 is 5.32 Å². The van der Waals surface area contributed by atoms with Crippen LogP contribution in [0.25, 0.3) is 0 Å². The Balaban J connectivity index is 2.61. The maximum Gasteiger partial charge on any atom is 0.271 e. The van der Waals surface area contributed by atoms with Gasteiger partial charge in [0.05, 0.1) is 18.6 Å². The molecule has 0 radical (unpaired) electrons. The summed E-state index contributed by atoms with van der Waals surface area (Å²) in [6.45, 7) is 3.42. The van der Waals surface area contributed by atoms with E-state index in [-0.39, 0.29) is 17.4 Å². The highest BCUT2D eigenvalue weighted by Crippen LogP contribution is 2.04. The second-order valence-electron chi connectivity index (χ2n) is 4.67. The third-order valence-electron chi connectivity index (χ3n) is 2.01. The molecule has 0 saturated heterocycles. The Kier molecular flexibility index (Phi) is 4.83. The van der Waals surface area contributed by atoms with Crippen LogP contribution < -0.4 is 10.0 Å². The van der Waals surface area contributed by atoms with Gasteiger partial charge >= 0.3 is 0 Å². The highest BCUT2D eigenvalue weighted by Gasteiger charge is 2.23. The first-order valence-electron chi connectivity index (χ1n) is 5.34. The predicted octanol–water partition coefficient (Wildman–Crippen LogP) is 0.188. The number of hydrogen-bond acceptors (Lipinski definition) is 5. The van der Waals surface area contributed by atoms with Crippen LogP contribution >= 0.6 is 11.6 Å². The third-order valence-corrected chi connectivity index (χ3v) is 3.12. The number of aromatic nitrogens is 2. The van der Waals surface area contributed by atoms with Crippen molar-refractivity contribution < 1.29 is 13.2 Å². The van der Waals surface area contributed by atoms with Gasteiger partial charge in [-0.3, -0.25) is 4.79 Å². The lowest BCUT2D eigenvalue weighted by molar-refractivity contribution is 0.0939. The topological polar surface area (TPSA) is 101 Å². The lowest BCUT2D eigenvalue weighted by atomic mass is 10.1. The molecule has 1 rings (SSSR count). The zero-order valence-corrected chi connectivity index (χ0v) is 12.3. The maximum atomic E-state index is 11.7. The van der Waals surface area contributed by atoms with E-state index in [4.69, 9.17) is 11.6 Å². The molecule has 1 amide bonds. The molecule has 7 nitrogen and oxygen atoms in total. The van der Waals surface area contributed by atoms with Crippen molar-refractivity contribution >= 4 is 27.5 Å². The molecule has 0 aliphatic rings. The van der Waals surface area contributed by atoms with Crippen molar-refractivity contribution in [1.29, 1.82) is 0 Å². The number of hydrogen-bond donors (Lipinski definition) is 2. The molecule has 106 valence electrons. The van der Waals surface area contributed by atoms with Gasteiger partial charge in [0.1, 0.15) is 10.8 Å². The van der Waals surface area contributed by atoms with Crippen LogP contribution in [0.1, 0.15) is 24.3 Å². The second kappa shape index (κ2) is 5.81. The Morgan fingerprint density at radius 2 is 2.00 bits per heavy atom. The number of carbonyl (C=O) groups excluding carboxylic acids is 1. The second-order valence-corrected chi connectivity index (χ2v) is 6.80. The molecule has 0 aromatic carbocycles. The molecular formula is C10H15ClN4O3S. The zero-order valence-electron chi connectivity index (χ0n) is 10.8. The Hall–Kier alpha value is -1.25. The molecule has 0 spiro atoms. The minimum absolute atomic E-state index is 0.111. The summed E-state index contributed by atoms with van der Waals surface area (Å²) < 4.78 is 24.7. The molecule has 0 aliphatic carbocycles. The van der Waals surface area contributed by atoms with Gasteiger partial charge in [-0.15, -0.1) is 0 Å². The average Bonchev–Trinajstić information content (AvgIpc) is 2.24. The molecule has 0 saturated carbocycles. The van der Waals surface area contributed by atoms with Crippen LogP contribution in [-0.2, 0) is 10.0 Å². The van der Waals surface area contributed by atoms with Crippen LogP contribution in [0.3, 0.4) is 0 Å². The molecule has 1 aromatic heterocycles. The van der Waals surface area contributed by atoms with Crippen molar-refractivity contribution in [3.05, 3.63) is 23.2 Å². The first kappa shape index (κ1) is 15.8. The number of sulfonamides is 1. The summed E-state index contributed by atoms with van der Waals surface area (Å²) in [6.07, 6.45) is 3.56. The van der Waals surface area contributed by atoms with Gasteiger partial charge in [0.25, 0.3) is 5.91 Å². The minimum Gasteiger partial charge on any atom is -0.349 e. The highest BCUT2D eigenvalue weighted by molar-refractivity contribution is 7.88. The van der Waals surface area contributed by atoms with Crippen molar-refractivity contribution in [3.63, 3.8) is 0 Å². The van der Waals surface area contributed by atoms with Crippen molar-refractivity contribution in [2.45, 2.75) is 19.4 Å². The monoisotopic (exact) mass is 306 g/mol. The molecular weight excluding hydrogens is 292 g/mol. The molecule has 1 heterocycles. The normalized spacial score (nSPS) is 12.2. The van der Waals surface area contributed by atoms with E-state index in [1.165, 1.54) is 12.4 Å². The summed E-state index contributed by atoms with van der Waals surface area (Å²) >= 11 is 5.56. The smallest absolute Gasteiger partial charge is 0.271 e. The van der Waals surface area contributed by atoms with Crippen LogP contribution in [0.15, 0.2) is 12.4 Å². The molecule has 9 heteroatoms. The first-order chi connectivity index (χ1) is 8.59. The van der Waals surface area contributed by atoms with Crippen molar-refractivity contribution in [2.24, 2.45) is 0 Å². The van der Waals surface area contributed by atoms with E-state index in [1.807, 2.05) is 0 Å². The summed E-state index contributed by atoms with van der Waals surface area (Å²) in [4.78, 5) is 19.3. The fourth-order valence-corrected chi connectivity index (χ4v) is 2.53. The van der Waals surface area contributed by atoms with Crippen LogP contribution in [0.2, 0.25) is 5.15 Å². The molecule has 0 bridgehead atoms. The van der Waals surface area contributed by atoms with Crippen molar-refractivity contribution in [3.8, 4) is 0 Å². The molecule has 0 unspecified atom stereocenters. The molecule has 1 aromatic rings. The van der Waals surface area contributed by atoms with Crippen molar-refractivity contribution in [1.82, 2.24) is 20.0 Å². The van der Waals surface area contributed by atoms with Gasteiger partial charge in [-0.05, 0) is 13.8 Å². The molecule has 0 fully saturated rings. The van der Waals surface area contributed by atoms with Crippen LogP contribution in [0.5, 0.6) is 0 Å². The standard InChI is InChI=1S/C10H15ClN4O3S/c1-10(2,15-19(3,17)18)6-14-9(16)7-4-13-8(11)5-12-7/h4-5,15H,6H2,1-3H3,(H,14,16). The fourth-order valence-electron chi connectivity index (χ4n) is 1.36. The van der Waals surface area contributed by atoms with Crippen molar-refractivity contribution in [2.75, 3.05) is 12.8 Å².